The van der Waals surface area contributed by atoms with Crippen molar-refractivity contribution in [3.63, 3.8) is 0 Å². The lowest BCUT2D eigenvalue weighted by molar-refractivity contribution is 0.0593. The average Bonchev–Trinajstić information content (AvgIpc) is 3.66. The number of aromatic nitrogens is 5. The summed E-state index contributed by atoms with van der Waals surface area (Å²) in [6.45, 7) is 0.345. The van der Waals surface area contributed by atoms with Gasteiger partial charge in [0.1, 0.15) is 30.2 Å². The number of thioether (sulfide) groups is 1. The summed E-state index contributed by atoms with van der Waals surface area (Å²) >= 11 is 1.37. The van der Waals surface area contributed by atoms with Crippen molar-refractivity contribution in [2.24, 2.45) is 5.10 Å². The molecule has 174 valence electrons. The number of nitrogens with zero attached hydrogens (tertiary/aromatic N) is 6. The largest absolute Gasteiger partial charge is 0.486 e. The molecule has 0 atom stereocenters. The maximum atomic E-state index is 11.5. The highest BCUT2D eigenvalue weighted by atomic mass is 32.2. The summed E-state index contributed by atoms with van der Waals surface area (Å²) in [6.07, 6.45) is 8.28. The van der Waals surface area contributed by atoms with Crippen LogP contribution in [-0.4, -0.2) is 43.9 Å². The Morgan fingerprint density at radius 1 is 1.24 bits per heavy atom. The summed E-state index contributed by atoms with van der Waals surface area (Å²) in [5, 5.41) is 17.1. The molecule has 3 aromatic heterocycles. The second-order valence-electron chi connectivity index (χ2n) is 7.58. The van der Waals surface area contributed by atoms with Crippen molar-refractivity contribution < 1.29 is 18.7 Å². The highest BCUT2D eigenvalue weighted by Gasteiger charge is 2.12. The van der Waals surface area contributed by atoms with Crippen LogP contribution in [0.1, 0.15) is 39.6 Å². The highest BCUT2D eigenvalue weighted by Crippen LogP contribution is 2.26. The minimum Gasteiger partial charge on any atom is -0.486 e. The van der Waals surface area contributed by atoms with Crippen LogP contribution in [0.5, 0.6) is 5.75 Å². The van der Waals surface area contributed by atoms with Gasteiger partial charge in [0, 0.05) is 6.20 Å². The van der Waals surface area contributed by atoms with E-state index in [0.717, 1.165) is 18.6 Å². The standard InChI is InChI=1S/C23H22N6O4S/c1-31-22(30)21-9-10-28(27-21)15-34-23-26-24-14-29(23)25-12-19-7-8-20(33-19)13-32-18-6-5-16-3-2-4-17(16)11-18/h5-12,14H,2-4,13,15H2,1H3. The van der Waals surface area contributed by atoms with E-state index >= 15 is 0 Å². The number of rotatable bonds is 9. The molecule has 0 saturated carbocycles. The Hall–Kier alpha value is -3.86. The number of fused-ring (bicyclic) bond motifs is 1. The summed E-state index contributed by atoms with van der Waals surface area (Å²) in [5.74, 6) is 2.10. The van der Waals surface area contributed by atoms with Crippen molar-refractivity contribution in [2.75, 3.05) is 7.11 Å². The van der Waals surface area contributed by atoms with Gasteiger partial charge in [-0.1, -0.05) is 17.8 Å². The Labute approximate surface area is 199 Å². The van der Waals surface area contributed by atoms with Crippen LogP contribution in [0.15, 0.2) is 63.6 Å². The van der Waals surface area contributed by atoms with Crippen LogP contribution < -0.4 is 4.74 Å². The van der Waals surface area contributed by atoms with Crippen molar-refractivity contribution in [2.45, 2.75) is 36.9 Å². The van der Waals surface area contributed by atoms with Crippen molar-refractivity contribution in [1.82, 2.24) is 24.7 Å². The molecule has 0 radical (unpaired) electrons. The zero-order valence-corrected chi connectivity index (χ0v) is 19.3. The van der Waals surface area contributed by atoms with E-state index in [9.17, 15) is 4.79 Å². The molecular formula is C23H22N6O4S. The Balaban J connectivity index is 1.16. The minimum atomic E-state index is -0.480. The van der Waals surface area contributed by atoms with Gasteiger partial charge in [0.25, 0.3) is 0 Å². The van der Waals surface area contributed by atoms with E-state index in [1.165, 1.54) is 42.7 Å². The van der Waals surface area contributed by atoms with E-state index in [1.54, 1.807) is 27.8 Å². The van der Waals surface area contributed by atoms with E-state index in [4.69, 9.17) is 9.15 Å². The molecule has 0 fully saturated rings. The number of methoxy groups -OCH3 is 1. The Bertz CT molecular complexity index is 1320. The molecule has 0 bridgehead atoms. The van der Waals surface area contributed by atoms with E-state index in [0.29, 0.717) is 29.2 Å². The lowest BCUT2D eigenvalue weighted by atomic mass is 10.1. The Morgan fingerprint density at radius 2 is 2.15 bits per heavy atom. The number of benzene rings is 1. The van der Waals surface area contributed by atoms with Crippen molar-refractivity contribution in [3.05, 3.63) is 77.3 Å². The fraction of sp³-hybridized carbons (Fsp3) is 0.261. The number of hydrogen-bond donors (Lipinski definition) is 0. The van der Waals surface area contributed by atoms with Gasteiger partial charge in [0.05, 0.1) is 19.2 Å². The highest BCUT2D eigenvalue weighted by molar-refractivity contribution is 7.98. The van der Waals surface area contributed by atoms with Crippen molar-refractivity contribution >= 4 is 23.9 Å². The van der Waals surface area contributed by atoms with Crippen LogP contribution >= 0.6 is 11.8 Å². The van der Waals surface area contributed by atoms with Crippen LogP contribution in [0, 0.1) is 0 Å². The topological polar surface area (TPSA) is 110 Å². The van der Waals surface area contributed by atoms with E-state index in [-0.39, 0.29) is 5.69 Å². The number of carbonyl (C=O) groups excluding carboxylic acids is 1. The first-order valence-corrected chi connectivity index (χ1v) is 11.7. The number of aryl methyl sites for hydroxylation is 2. The lowest BCUT2D eigenvalue weighted by Gasteiger charge is -2.06. The van der Waals surface area contributed by atoms with E-state index in [1.807, 2.05) is 18.2 Å². The van der Waals surface area contributed by atoms with Gasteiger partial charge in [-0.15, -0.1) is 10.2 Å². The predicted octanol–water partition coefficient (Wildman–Crippen LogP) is 3.55. The normalized spacial score (nSPS) is 12.9. The Kier molecular flexibility index (Phi) is 6.43. The third kappa shape index (κ3) is 5.04. The molecule has 0 unspecified atom stereocenters. The van der Waals surface area contributed by atoms with Gasteiger partial charge in [-0.25, -0.2) is 4.79 Å². The first kappa shape index (κ1) is 22.0. The zero-order chi connectivity index (χ0) is 23.3. The molecule has 3 heterocycles. The molecule has 11 heteroatoms. The quantitative estimate of drug-likeness (QED) is 0.204. The van der Waals surface area contributed by atoms with Gasteiger partial charge in [-0.3, -0.25) is 4.68 Å². The molecule has 0 spiro atoms. The van der Waals surface area contributed by atoms with Crippen LogP contribution in [0.3, 0.4) is 0 Å². The van der Waals surface area contributed by atoms with Gasteiger partial charge in [-0.2, -0.15) is 14.9 Å². The fourth-order valence-corrected chi connectivity index (χ4v) is 4.34. The maximum absolute atomic E-state index is 11.5. The number of furan rings is 1. The second kappa shape index (κ2) is 9.96. The fourth-order valence-electron chi connectivity index (χ4n) is 3.62. The maximum Gasteiger partial charge on any atom is 0.358 e. The molecule has 4 aromatic rings. The molecule has 1 aliphatic rings. The number of hydrogen-bond acceptors (Lipinski definition) is 9. The van der Waals surface area contributed by atoms with Gasteiger partial charge in [0.15, 0.2) is 5.69 Å². The third-order valence-electron chi connectivity index (χ3n) is 5.30. The van der Waals surface area contributed by atoms with E-state index in [2.05, 4.69) is 37.3 Å². The molecule has 5 rings (SSSR count). The van der Waals surface area contributed by atoms with Crippen LogP contribution in [0.2, 0.25) is 0 Å². The van der Waals surface area contributed by atoms with Gasteiger partial charge >= 0.3 is 5.97 Å². The van der Waals surface area contributed by atoms with Crippen LogP contribution in [0.4, 0.5) is 0 Å². The molecule has 0 amide bonds. The van der Waals surface area contributed by atoms with Crippen molar-refractivity contribution in [1.29, 1.82) is 0 Å². The molecule has 0 aliphatic heterocycles. The second-order valence-corrected chi connectivity index (χ2v) is 8.50. The molecule has 10 nitrogen and oxygen atoms in total. The summed E-state index contributed by atoms with van der Waals surface area (Å²) < 4.78 is 19.5. The molecular weight excluding hydrogens is 456 g/mol. The smallest absolute Gasteiger partial charge is 0.358 e. The van der Waals surface area contributed by atoms with Crippen LogP contribution in [0.25, 0.3) is 0 Å². The number of esters is 1. The predicted molar refractivity (Wildman–Crippen MR) is 124 cm³/mol. The number of carbonyl (C=O) groups is 1. The van der Waals surface area contributed by atoms with Crippen molar-refractivity contribution in [3.8, 4) is 5.75 Å². The monoisotopic (exact) mass is 478 g/mol. The lowest BCUT2D eigenvalue weighted by Crippen LogP contribution is -2.04. The summed E-state index contributed by atoms with van der Waals surface area (Å²) in [6, 6.07) is 11.6. The first-order valence-electron chi connectivity index (χ1n) is 10.7. The zero-order valence-electron chi connectivity index (χ0n) is 18.5. The van der Waals surface area contributed by atoms with E-state index < -0.39 is 5.97 Å². The average molecular weight is 479 g/mol. The first-order chi connectivity index (χ1) is 16.7. The minimum absolute atomic E-state index is 0.247. The molecule has 34 heavy (non-hydrogen) atoms. The Morgan fingerprint density at radius 3 is 3.06 bits per heavy atom. The summed E-state index contributed by atoms with van der Waals surface area (Å²) in [7, 11) is 1.32. The van der Waals surface area contributed by atoms with Gasteiger partial charge in [-0.05, 0) is 60.7 Å². The third-order valence-corrected chi connectivity index (χ3v) is 6.22. The number of ether oxygens (including phenoxy) is 2. The van der Waals surface area contributed by atoms with Gasteiger partial charge < -0.3 is 13.9 Å². The molecule has 1 aromatic carbocycles. The van der Waals surface area contributed by atoms with Crippen LogP contribution in [-0.2, 0) is 30.1 Å². The molecule has 0 saturated heterocycles. The molecule has 1 aliphatic carbocycles. The summed E-state index contributed by atoms with van der Waals surface area (Å²) in [5.41, 5.74) is 3.05. The molecule has 0 N–H and O–H groups in total. The van der Waals surface area contributed by atoms with Gasteiger partial charge in [0.2, 0.25) is 5.16 Å². The summed E-state index contributed by atoms with van der Waals surface area (Å²) in [4.78, 5) is 11.5. The SMILES string of the molecule is COC(=O)c1ccn(CSc2nncn2N=Cc2ccc(COc3ccc4c(c3)CCC4)o2)n1.